The number of benzene rings is 2. The van der Waals surface area contributed by atoms with E-state index >= 15 is 0 Å². The smallest absolute Gasteiger partial charge is 0.310 e. The lowest BCUT2D eigenvalue weighted by Crippen LogP contribution is -2.30. The second-order valence-electron chi connectivity index (χ2n) is 6.44. The summed E-state index contributed by atoms with van der Waals surface area (Å²) in [6, 6.07) is 12.9. The molecular weight excluding hydrogens is 364 g/mol. The summed E-state index contributed by atoms with van der Waals surface area (Å²) in [5.74, 6) is 0.330. The van der Waals surface area contributed by atoms with Gasteiger partial charge in [0.25, 0.3) is 5.91 Å². The molecule has 2 atom stereocenters. The first-order valence-corrected chi connectivity index (χ1v) is 9.08. The first-order chi connectivity index (χ1) is 13.5. The Balaban J connectivity index is 1.53. The van der Waals surface area contributed by atoms with Crippen molar-refractivity contribution in [2.45, 2.75) is 32.0 Å². The van der Waals surface area contributed by atoms with E-state index in [9.17, 15) is 14.9 Å². The number of rotatable bonds is 8. The number of anilines is 1. The number of nitrogens with one attached hydrogen (secondary N) is 1. The Morgan fingerprint density at radius 2 is 2.04 bits per heavy atom. The van der Waals surface area contributed by atoms with E-state index in [1.54, 1.807) is 30.3 Å². The lowest BCUT2D eigenvalue weighted by Gasteiger charge is -2.15. The molecule has 1 fully saturated rings. The summed E-state index contributed by atoms with van der Waals surface area (Å²) >= 11 is 0. The highest BCUT2D eigenvalue weighted by Gasteiger charge is 2.21. The average Bonchev–Trinajstić information content (AvgIpc) is 3.21. The number of para-hydroxylation sites is 2. The first-order valence-electron chi connectivity index (χ1n) is 9.08. The van der Waals surface area contributed by atoms with Crippen LogP contribution in [0.4, 0.5) is 11.4 Å². The Morgan fingerprint density at radius 1 is 1.29 bits per heavy atom. The van der Waals surface area contributed by atoms with Crippen molar-refractivity contribution in [3.05, 3.63) is 58.6 Å². The van der Waals surface area contributed by atoms with Crippen molar-refractivity contribution in [3.8, 4) is 11.5 Å². The molecule has 0 unspecified atom stereocenters. The monoisotopic (exact) mass is 386 g/mol. The van der Waals surface area contributed by atoms with Crippen LogP contribution in [-0.4, -0.2) is 36.3 Å². The van der Waals surface area contributed by atoms with E-state index < -0.39 is 16.9 Å². The third-order valence-corrected chi connectivity index (χ3v) is 4.32. The molecule has 0 aromatic heterocycles. The molecule has 1 N–H and O–H groups in total. The third kappa shape index (κ3) is 5.20. The van der Waals surface area contributed by atoms with Crippen molar-refractivity contribution in [3.63, 3.8) is 0 Å². The molecule has 1 amide bonds. The van der Waals surface area contributed by atoms with Crippen LogP contribution in [0.3, 0.4) is 0 Å². The number of nitrogens with zero attached hydrogens (tertiary/aromatic N) is 1. The highest BCUT2D eigenvalue weighted by Crippen LogP contribution is 2.27. The average molecular weight is 386 g/mol. The van der Waals surface area contributed by atoms with Gasteiger partial charge in [-0.2, -0.15) is 0 Å². The van der Waals surface area contributed by atoms with Gasteiger partial charge in [0.2, 0.25) is 0 Å². The van der Waals surface area contributed by atoms with Crippen molar-refractivity contribution in [1.29, 1.82) is 0 Å². The van der Waals surface area contributed by atoms with Crippen LogP contribution in [0.25, 0.3) is 0 Å². The molecular formula is C20H22N2O6. The number of hydrogen-bond acceptors (Lipinski definition) is 6. The van der Waals surface area contributed by atoms with Crippen LogP contribution >= 0.6 is 0 Å². The van der Waals surface area contributed by atoms with Gasteiger partial charge < -0.3 is 19.5 Å². The topological polar surface area (TPSA) is 99.9 Å². The van der Waals surface area contributed by atoms with Gasteiger partial charge in [-0.1, -0.05) is 12.1 Å². The highest BCUT2D eigenvalue weighted by molar-refractivity contribution is 5.94. The van der Waals surface area contributed by atoms with Gasteiger partial charge in [-0.05, 0) is 50.1 Å². The molecule has 0 saturated carbocycles. The second kappa shape index (κ2) is 9.18. The van der Waals surface area contributed by atoms with Crippen LogP contribution in [0.15, 0.2) is 48.5 Å². The van der Waals surface area contributed by atoms with Gasteiger partial charge in [-0.15, -0.1) is 0 Å². The Labute approximate surface area is 162 Å². The number of hydrogen-bond donors (Lipinski definition) is 1. The standard InChI is InChI=1S/C20H22N2O6/c1-14(28-19-7-3-2-6-18(19)22(24)25)20(23)21-15-8-10-16(11-9-15)27-13-17-5-4-12-26-17/h2-3,6-11,14,17H,4-5,12-13H2,1H3,(H,21,23)/t14-,17+/m1/s1. The summed E-state index contributed by atoms with van der Waals surface area (Å²) in [6.07, 6.45) is 1.30. The van der Waals surface area contributed by atoms with Crippen molar-refractivity contribution in [2.24, 2.45) is 0 Å². The molecule has 1 aliphatic rings. The molecule has 28 heavy (non-hydrogen) atoms. The van der Waals surface area contributed by atoms with E-state index in [1.165, 1.54) is 25.1 Å². The maximum absolute atomic E-state index is 12.3. The number of nitro groups is 1. The van der Waals surface area contributed by atoms with Crippen LogP contribution in [-0.2, 0) is 9.53 Å². The molecule has 1 heterocycles. The van der Waals surface area contributed by atoms with E-state index in [0.29, 0.717) is 18.0 Å². The lowest BCUT2D eigenvalue weighted by molar-refractivity contribution is -0.386. The molecule has 2 aromatic carbocycles. The summed E-state index contributed by atoms with van der Waals surface area (Å²) in [7, 11) is 0. The Kier molecular flexibility index (Phi) is 6.44. The van der Waals surface area contributed by atoms with Crippen molar-refractivity contribution < 1.29 is 23.9 Å². The molecule has 0 aliphatic carbocycles. The SMILES string of the molecule is C[C@@H](Oc1ccccc1[N+](=O)[O-])C(=O)Nc1ccc(OC[C@@H]2CCCO2)cc1. The third-order valence-electron chi connectivity index (χ3n) is 4.32. The molecule has 1 aliphatic heterocycles. The predicted octanol–water partition coefficient (Wildman–Crippen LogP) is 3.56. The lowest BCUT2D eigenvalue weighted by atomic mass is 10.2. The minimum atomic E-state index is -0.906. The number of amides is 1. The maximum atomic E-state index is 12.3. The summed E-state index contributed by atoms with van der Waals surface area (Å²) in [4.78, 5) is 22.8. The molecule has 8 heteroatoms. The van der Waals surface area contributed by atoms with Crippen molar-refractivity contribution in [2.75, 3.05) is 18.5 Å². The normalized spacial score (nSPS) is 17.0. The highest BCUT2D eigenvalue weighted by atomic mass is 16.6. The van der Waals surface area contributed by atoms with E-state index in [1.807, 2.05) is 0 Å². The fourth-order valence-corrected chi connectivity index (χ4v) is 2.79. The van der Waals surface area contributed by atoms with Gasteiger partial charge in [-0.25, -0.2) is 0 Å². The van der Waals surface area contributed by atoms with Crippen LogP contribution in [0.1, 0.15) is 19.8 Å². The Morgan fingerprint density at radius 3 is 2.71 bits per heavy atom. The fourth-order valence-electron chi connectivity index (χ4n) is 2.79. The first kappa shape index (κ1) is 19.6. The van der Waals surface area contributed by atoms with E-state index in [0.717, 1.165) is 19.4 Å². The quantitative estimate of drug-likeness (QED) is 0.550. The molecule has 2 aromatic rings. The van der Waals surface area contributed by atoms with E-state index in [-0.39, 0.29) is 17.5 Å². The zero-order valence-electron chi connectivity index (χ0n) is 15.5. The van der Waals surface area contributed by atoms with Crippen molar-refractivity contribution >= 4 is 17.3 Å². The van der Waals surface area contributed by atoms with Gasteiger partial charge in [0.1, 0.15) is 12.4 Å². The largest absolute Gasteiger partial charge is 0.491 e. The molecule has 3 rings (SSSR count). The van der Waals surface area contributed by atoms with Gasteiger partial charge >= 0.3 is 5.69 Å². The summed E-state index contributed by atoms with van der Waals surface area (Å²) in [6.45, 7) is 2.82. The van der Waals surface area contributed by atoms with Crippen LogP contribution in [0, 0.1) is 10.1 Å². The zero-order valence-corrected chi connectivity index (χ0v) is 15.5. The van der Waals surface area contributed by atoms with Crippen molar-refractivity contribution in [1.82, 2.24) is 0 Å². The van der Waals surface area contributed by atoms with Crippen LogP contribution < -0.4 is 14.8 Å². The zero-order chi connectivity index (χ0) is 19.9. The summed E-state index contributed by atoms with van der Waals surface area (Å²) in [5, 5.41) is 13.8. The number of carbonyl (C=O) groups excluding carboxylic acids is 1. The minimum absolute atomic E-state index is 0.0491. The molecule has 0 bridgehead atoms. The van der Waals surface area contributed by atoms with E-state index in [2.05, 4.69) is 5.32 Å². The van der Waals surface area contributed by atoms with Gasteiger partial charge in [-0.3, -0.25) is 14.9 Å². The predicted molar refractivity (Wildman–Crippen MR) is 103 cm³/mol. The second-order valence-corrected chi connectivity index (χ2v) is 6.44. The van der Waals surface area contributed by atoms with Crippen LogP contribution in [0.5, 0.6) is 11.5 Å². The van der Waals surface area contributed by atoms with Gasteiger partial charge in [0.15, 0.2) is 11.9 Å². The van der Waals surface area contributed by atoms with Crippen LogP contribution in [0.2, 0.25) is 0 Å². The summed E-state index contributed by atoms with van der Waals surface area (Å²) in [5.41, 5.74) is 0.391. The number of ether oxygens (including phenoxy) is 3. The number of carbonyl (C=O) groups is 1. The summed E-state index contributed by atoms with van der Waals surface area (Å²) < 4.78 is 16.7. The molecule has 0 spiro atoms. The van der Waals surface area contributed by atoms with E-state index in [4.69, 9.17) is 14.2 Å². The fraction of sp³-hybridized carbons (Fsp3) is 0.350. The molecule has 148 valence electrons. The Hall–Kier alpha value is -3.13. The van der Waals surface area contributed by atoms with Gasteiger partial charge in [0, 0.05) is 18.4 Å². The molecule has 1 saturated heterocycles. The molecule has 0 radical (unpaired) electrons. The number of nitro benzene ring substituents is 1. The van der Waals surface area contributed by atoms with Gasteiger partial charge in [0.05, 0.1) is 11.0 Å². The molecule has 8 nitrogen and oxygen atoms in total. The minimum Gasteiger partial charge on any atom is -0.491 e. The maximum Gasteiger partial charge on any atom is 0.310 e. The Bertz CT molecular complexity index is 818.